The van der Waals surface area contributed by atoms with Crippen LogP contribution >= 0.6 is 11.6 Å². The molecule has 1 aliphatic heterocycles. The van der Waals surface area contributed by atoms with Gasteiger partial charge >= 0.3 is 0 Å². The molecule has 0 radical (unpaired) electrons. The topological polar surface area (TPSA) is 102 Å². The Kier molecular flexibility index (Phi) is 10.5. The summed E-state index contributed by atoms with van der Waals surface area (Å²) in [7, 11) is 4.45. The molecule has 9 nitrogen and oxygen atoms in total. The number of Topliss-reactive ketones (excluding diaryl/α,β-unsaturated/α-hetero) is 1. The maximum atomic E-state index is 13.8. The molecule has 0 aromatic heterocycles. The van der Waals surface area contributed by atoms with Gasteiger partial charge in [0.1, 0.15) is 5.75 Å². The molecule has 1 aliphatic rings. The summed E-state index contributed by atoms with van der Waals surface area (Å²) in [4.78, 5) is 29.6. The number of ketones is 1. The second kappa shape index (κ2) is 13.6. The molecule has 1 amide bonds. The van der Waals surface area contributed by atoms with Gasteiger partial charge < -0.3 is 33.9 Å². The van der Waals surface area contributed by atoms with Crippen molar-refractivity contribution in [3.63, 3.8) is 0 Å². The van der Waals surface area contributed by atoms with Gasteiger partial charge in [-0.25, -0.2) is 0 Å². The standard InChI is InChI=1S/C29H37ClN2O7/c1-7-31(8-2)13-10-14-32-25(19-16-22(36-4)28(38-6)23(17-19)37-5)24(27(34)29(32)35)26(33)18-11-12-21(39-9-3)20(30)15-18/h11-12,15-17,25,33H,7-10,13-14H2,1-6H3. The van der Waals surface area contributed by atoms with Crippen LogP contribution in [0.15, 0.2) is 35.9 Å². The predicted octanol–water partition coefficient (Wildman–Crippen LogP) is 2.30. The van der Waals surface area contributed by atoms with Crippen LogP contribution < -0.4 is 29.0 Å². The third kappa shape index (κ3) is 6.25. The Bertz CT molecular complexity index is 1200. The van der Waals surface area contributed by atoms with Gasteiger partial charge in [0.2, 0.25) is 11.5 Å². The summed E-state index contributed by atoms with van der Waals surface area (Å²) in [5.74, 6) is -0.640. The number of nitrogens with one attached hydrogen (secondary N) is 1. The molecule has 212 valence electrons. The lowest BCUT2D eigenvalue weighted by Crippen LogP contribution is -3.11. The molecular weight excluding hydrogens is 524 g/mol. The third-order valence-corrected chi connectivity index (χ3v) is 7.25. The molecule has 2 aromatic rings. The first-order valence-corrected chi connectivity index (χ1v) is 13.5. The monoisotopic (exact) mass is 560 g/mol. The van der Waals surface area contributed by atoms with Crippen LogP contribution in [0.3, 0.4) is 0 Å². The molecule has 39 heavy (non-hydrogen) atoms. The zero-order chi connectivity index (χ0) is 28.7. The van der Waals surface area contributed by atoms with Crippen LogP contribution in [0.4, 0.5) is 0 Å². The number of hydrogen-bond donors (Lipinski definition) is 1. The lowest BCUT2D eigenvalue weighted by atomic mass is 9.94. The molecule has 1 atom stereocenters. The van der Waals surface area contributed by atoms with E-state index >= 15 is 0 Å². The molecule has 1 saturated heterocycles. The molecule has 1 fully saturated rings. The van der Waals surface area contributed by atoms with E-state index in [0.29, 0.717) is 48.1 Å². The number of halogens is 1. The molecule has 0 bridgehead atoms. The number of quaternary nitrogens is 1. The van der Waals surface area contributed by atoms with Gasteiger partial charge in [-0.2, -0.15) is 0 Å². The number of carbonyl (C=O) groups is 2. The third-order valence-electron chi connectivity index (χ3n) is 6.96. The minimum Gasteiger partial charge on any atom is -0.872 e. The van der Waals surface area contributed by atoms with Crippen LogP contribution in [-0.4, -0.2) is 70.7 Å². The van der Waals surface area contributed by atoms with Crippen molar-refractivity contribution in [3.8, 4) is 23.0 Å². The summed E-state index contributed by atoms with van der Waals surface area (Å²) in [6, 6.07) is 6.97. The average Bonchev–Trinajstić information content (AvgIpc) is 3.20. The van der Waals surface area contributed by atoms with Gasteiger partial charge in [0.05, 0.1) is 58.6 Å². The van der Waals surface area contributed by atoms with Crippen LogP contribution in [0.1, 0.15) is 44.4 Å². The Balaban J connectivity index is 2.18. The van der Waals surface area contributed by atoms with Crippen molar-refractivity contribution in [1.82, 2.24) is 4.90 Å². The summed E-state index contributed by atoms with van der Waals surface area (Å²) in [5.41, 5.74) is 0.537. The lowest BCUT2D eigenvalue weighted by molar-refractivity contribution is -0.896. The largest absolute Gasteiger partial charge is 0.872 e. The van der Waals surface area contributed by atoms with Gasteiger partial charge in [0.15, 0.2) is 11.5 Å². The predicted molar refractivity (Wildman–Crippen MR) is 147 cm³/mol. The summed E-state index contributed by atoms with van der Waals surface area (Å²) in [6.45, 7) is 9.48. The number of rotatable bonds is 13. The zero-order valence-corrected chi connectivity index (χ0v) is 24.1. The molecule has 3 rings (SSSR count). The highest BCUT2D eigenvalue weighted by Gasteiger charge is 2.44. The van der Waals surface area contributed by atoms with Crippen LogP contribution in [0.5, 0.6) is 23.0 Å². The van der Waals surface area contributed by atoms with E-state index in [1.807, 2.05) is 6.92 Å². The molecular formula is C29H37ClN2O7. The number of methoxy groups -OCH3 is 3. The van der Waals surface area contributed by atoms with Gasteiger partial charge in [0.25, 0.3) is 5.91 Å². The van der Waals surface area contributed by atoms with Crippen molar-refractivity contribution in [2.75, 3.05) is 54.1 Å². The van der Waals surface area contributed by atoms with E-state index in [2.05, 4.69) is 13.8 Å². The van der Waals surface area contributed by atoms with Crippen molar-refractivity contribution in [1.29, 1.82) is 0 Å². The number of amides is 1. The van der Waals surface area contributed by atoms with Gasteiger partial charge in [-0.3, -0.25) is 9.59 Å². The second-order valence-corrected chi connectivity index (χ2v) is 9.48. The number of ether oxygens (including phenoxy) is 4. The second-order valence-electron chi connectivity index (χ2n) is 9.07. The Morgan fingerprint density at radius 1 is 0.974 bits per heavy atom. The van der Waals surface area contributed by atoms with Crippen LogP contribution in [0.25, 0.3) is 5.76 Å². The SMILES string of the molecule is CCOc1ccc(C([O-])=C2C(=O)C(=O)N(CCC[NH+](CC)CC)C2c2cc(OC)c(OC)c(OC)c2)cc1Cl. The van der Waals surface area contributed by atoms with E-state index in [1.54, 1.807) is 24.3 Å². The minimum atomic E-state index is -0.941. The number of hydrogen-bond acceptors (Lipinski definition) is 7. The van der Waals surface area contributed by atoms with Crippen molar-refractivity contribution in [3.05, 3.63) is 52.1 Å². The van der Waals surface area contributed by atoms with E-state index < -0.39 is 23.5 Å². The Morgan fingerprint density at radius 3 is 2.13 bits per heavy atom. The molecule has 1 unspecified atom stereocenters. The van der Waals surface area contributed by atoms with E-state index in [-0.39, 0.29) is 16.2 Å². The van der Waals surface area contributed by atoms with Gasteiger partial charge in [0, 0.05) is 18.5 Å². The van der Waals surface area contributed by atoms with Crippen molar-refractivity contribution < 1.29 is 38.5 Å². The van der Waals surface area contributed by atoms with E-state index in [1.165, 1.54) is 37.2 Å². The molecule has 1 N–H and O–H groups in total. The van der Waals surface area contributed by atoms with Crippen molar-refractivity contribution in [2.45, 2.75) is 33.2 Å². The maximum absolute atomic E-state index is 13.8. The molecule has 0 spiro atoms. The smallest absolute Gasteiger partial charge is 0.295 e. The highest BCUT2D eigenvalue weighted by atomic mass is 35.5. The van der Waals surface area contributed by atoms with Gasteiger partial charge in [-0.05, 0) is 56.2 Å². The number of benzene rings is 2. The van der Waals surface area contributed by atoms with Crippen molar-refractivity contribution in [2.24, 2.45) is 0 Å². The van der Waals surface area contributed by atoms with Crippen LogP contribution in [0.2, 0.25) is 5.02 Å². The summed E-state index contributed by atoms with van der Waals surface area (Å²) in [6.07, 6.45) is 0.660. The molecule has 10 heteroatoms. The van der Waals surface area contributed by atoms with Crippen LogP contribution in [0, 0.1) is 0 Å². The molecule has 0 aliphatic carbocycles. The maximum Gasteiger partial charge on any atom is 0.295 e. The summed E-state index contributed by atoms with van der Waals surface area (Å²) < 4.78 is 22.0. The Hall–Kier alpha value is -3.43. The Morgan fingerprint density at radius 2 is 1.62 bits per heavy atom. The molecule has 0 saturated carbocycles. The zero-order valence-electron chi connectivity index (χ0n) is 23.4. The van der Waals surface area contributed by atoms with E-state index in [9.17, 15) is 14.7 Å². The van der Waals surface area contributed by atoms with Crippen molar-refractivity contribution >= 4 is 29.1 Å². The normalized spacial score (nSPS) is 16.6. The van der Waals surface area contributed by atoms with Gasteiger partial charge in [-0.1, -0.05) is 23.4 Å². The highest BCUT2D eigenvalue weighted by Crippen LogP contribution is 2.45. The first kappa shape index (κ1) is 30.1. The number of likely N-dealkylation sites (tertiary alicyclic amines) is 1. The number of nitrogens with zero attached hydrogens (tertiary/aromatic N) is 1. The first-order valence-electron chi connectivity index (χ1n) is 13.1. The van der Waals surface area contributed by atoms with Gasteiger partial charge in [-0.15, -0.1) is 0 Å². The molecule has 1 heterocycles. The fraction of sp³-hybridized carbons (Fsp3) is 0.448. The summed E-state index contributed by atoms with van der Waals surface area (Å²) in [5, 5.41) is 14.1. The minimum absolute atomic E-state index is 0.148. The average molecular weight is 561 g/mol. The van der Waals surface area contributed by atoms with E-state index in [4.69, 9.17) is 30.5 Å². The fourth-order valence-electron chi connectivity index (χ4n) is 4.88. The van der Waals surface area contributed by atoms with Crippen LogP contribution in [-0.2, 0) is 9.59 Å². The lowest BCUT2D eigenvalue weighted by Gasteiger charge is -2.29. The highest BCUT2D eigenvalue weighted by molar-refractivity contribution is 6.46. The fourth-order valence-corrected chi connectivity index (χ4v) is 5.11. The molecule has 2 aromatic carbocycles. The quantitative estimate of drug-likeness (QED) is 0.228. The van der Waals surface area contributed by atoms with E-state index in [0.717, 1.165) is 19.6 Å². The number of carbonyl (C=O) groups excluding carboxylic acids is 2. The first-order chi connectivity index (χ1) is 18.8. The summed E-state index contributed by atoms with van der Waals surface area (Å²) >= 11 is 6.35. The Labute approximate surface area is 234 Å².